The first-order valence-electron chi connectivity index (χ1n) is 27.8. The molecular formula is C60H54B2Cl4F2N15O11. The van der Waals surface area contributed by atoms with E-state index in [1.807, 2.05) is 0 Å². The fourth-order valence-electron chi connectivity index (χ4n) is 9.03. The normalized spacial score (nSPS) is 14.0. The van der Waals surface area contributed by atoms with Gasteiger partial charge in [0, 0.05) is 86.8 Å². The van der Waals surface area contributed by atoms with Crippen LogP contribution in [0.15, 0.2) is 121 Å². The molecule has 3 radical (unpaired) electrons. The van der Waals surface area contributed by atoms with Gasteiger partial charge < -0.3 is 52.2 Å². The van der Waals surface area contributed by atoms with Crippen LogP contribution in [0.3, 0.4) is 0 Å². The van der Waals surface area contributed by atoms with Crippen molar-refractivity contribution in [3.63, 3.8) is 0 Å². The summed E-state index contributed by atoms with van der Waals surface area (Å²) in [6, 6.07) is 26.2. The smallest absolute Gasteiger partial charge is 0.276 e. The summed E-state index contributed by atoms with van der Waals surface area (Å²) in [6.45, 7) is 7.94. The number of anilines is 5. The third kappa shape index (κ3) is 18.1. The third-order valence-corrected chi connectivity index (χ3v) is 15.2. The van der Waals surface area contributed by atoms with Gasteiger partial charge in [-0.15, -0.1) is 10.2 Å². The Balaban J connectivity index is 0.000000214. The topological polar surface area (TPSA) is 372 Å². The Morgan fingerprint density at radius 1 is 0.564 bits per heavy atom. The summed E-state index contributed by atoms with van der Waals surface area (Å²) >= 11 is 24.5. The molecule has 7 aromatic rings. The third-order valence-electron chi connectivity index (χ3n) is 13.8. The van der Waals surface area contributed by atoms with Crippen LogP contribution in [-0.4, -0.2) is 157 Å². The van der Waals surface area contributed by atoms with Crippen molar-refractivity contribution in [2.45, 2.75) is 19.1 Å². The van der Waals surface area contributed by atoms with Crippen LogP contribution in [0.1, 0.15) is 82.3 Å². The molecule has 483 valence electrons. The first kappa shape index (κ1) is 71.2. The number of ether oxygens (including phenoxy) is 2. The number of benzene rings is 5. The van der Waals surface area contributed by atoms with Crippen LogP contribution in [0.25, 0.3) is 0 Å². The molecule has 3 saturated heterocycles. The van der Waals surface area contributed by atoms with Crippen molar-refractivity contribution in [1.82, 2.24) is 51.0 Å². The maximum Gasteiger partial charge on any atom is 0.276 e. The first-order valence-corrected chi connectivity index (χ1v) is 29.3. The van der Waals surface area contributed by atoms with E-state index in [0.29, 0.717) is 80.2 Å². The van der Waals surface area contributed by atoms with Crippen molar-refractivity contribution in [1.29, 1.82) is 0 Å². The molecule has 3 fully saturated rings. The number of rotatable bonds is 15. The SMILES string of the molecule is C=C(B=O)C(Oc1cc(C(=O)Nc2ccc(C(=O)N3CCNC(=O)C3)cc2)nnc1N)c1c(Cl)ccc(F)c1Cl.C[C@@H](Oc1cc(C(=O)Nc2ccc(C(=O)N3CCNC(=O)C3)cc2)nnc1N)c1c(Cl)ccc(F)c1Cl.Nc1ccc(C(=O)N2CCNC(=O)C2)cc1.[B]. The molecule has 1 unspecified atom stereocenters. The summed E-state index contributed by atoms with van der Waals surface area (Å²) in [6.07, 6.45) is -2.18. The van der Waals surface area contributed by atoms with Gasteiger partial charge in [-0.3, -0.25) is 33.6 Å². The molecule has 2 aromatic heterocycles. The molecule has 34 heteroatoms. The molecule has 2 atom stereocenters. The van der Waals surface area contributed by atoms with Crippen molar-refractivity contribution in [3.05, 3.63) is 192 Å². The number of nitrogen functional groups attached to an aromatic ring is 3. The molecule has 0 aliphatic carbocycles. The predicted octanol–water partition coefficient (Wildman–Crippen LogP) is 5.94. The molecule has 94 heavy (non-hydrogen) atoms. The fourth-order valence-corrected chi connectivity index (χ4v) is 10.3. The number of nitrogens with one attached hydrogen (secondary N) is 5. The van der Waals surface area contributed by atoms with Crippen LogP contribution >= 0.6 is 46.4 Å². The van der Waals surface area contributed by atoms with Crippen LogP contribution in [0, 0.1) is 11.6 Å². The second-order valence-electron chi connectivity index (χ2n) is 20.3. The predicted molar refractivity (Wildman–Crippen MR) is 346 cm³/mol. The number of hydrogen-bond acceptors (Lipinski definition) is 18. The van der Waals surface area contributed by atoms with E-state index in [1.54, 1.807) is 55.5 Å². The molecule has 5 heterocycles. The zero-order valence-electron chi connectivity index (χ0n) is 49.4. The van der Waals surface area contributed by atoms with Gasteiger partial charge in [0.25, 0.3) is 23.6 Å². The van der Waals surface area contributed by atoms with Crippen molar-refractivity contribution in [3.8, 4) is 11.5 Å². The fraction of sp³-hybridized carbons (Fsp3) is 0.200. The Hall–Kier alpha value is -10.3. The Morgan fingerprint density at radius 2 is 0.926 bits per heavy atom. The standard InChI is InChI=1S/C25H20BCl2FN6O5.C24H21Cl2FN6O4.C11H13N3O2.B/c1-12(26-39)22(20-15(27)6-7-16(29)21(20)28)40-18-10-17(33-34-23(18)30)24(37)32-14-4-2-13(3-5-14)25(38)35-9-8-31-19(36)11-35;1-12(20-15(25)6-7-16(27)21(20)26)37-18-10-17(31-32-22(18)28)23(35)30-14-4-2-13(3-5-14)24(36)33-9-8-29-19(34)11-33;12-9-3-1-8(2-4-9)11(16)14-6-5-13-10(15)7-14;/h2-7,10,22H,1,8-9,11H2,(H2,30,34)(H,31,36)(H,32,37);2-7,10,12H,8-9,11H2,1H3,(H2,28,32)(H,29,34)(H,30,35);1-4H,5-7,12H2,(H,13,15);/t;12-;;/m.1../s1. The average Bonchev–Trinajstić information content (AvgIpc) is 0.823. The van der Waals surface area contributed by atoms with Crippen LogP contribution in [-0.2, 0) is 19.1 Å². The summed E-state index contributed by atoms with van der Waals surface area (Å²) in [5, 5.41) is 27.9. The number of piperazine rings is 3. The van der Waals surface area contributed by atoms with Gasteiger partial charge in [-0.2, -0.15) is 0 Å². The maximum absolute atomic E-state index is 14.2. The molecule has 0 spiro atoms. The molecule has 0 saturated carbocycles. The van der Waals surface area contributed by atoms with Gasteiger partial charge in [0.1, 0.15) is 11.9 Å². The first-order chi connectivity index (χ1) is 44.4. The van der Waals surface area contributed by atoms with Gasteiger partial charge in [0.2, 0.25) is 17.7 Å². The molecule has 5 aromatic carbocycles. The Morgan fingerprint density at radius 3 is 1.31 bits per heavy atom. The molecule has 11 N–H and O–H groups in total. The van der Waals surface area contributed by atoms with Gasteiger partial charge in [0.05, 0.1) is 24.7 Å². The molecule has 3 aliphatic heterocycles. The molecule has 0 bridgehead atoms. The number of carbonyl (C=O) groups excluding carboxylic acids is 8. The molecule has 26 nitrogen and oxygen atoms in total. The molecular weight excluding hydrogens is 1310 g/mol. The Bertz CT molecular complexity index is 4080. The number of hydrogen-bond donors (Lipinski definition) is 8. The second kappa shape index (κ2) is 32.3. The van der Waals surface area contributed by atoms with E-state index in [9.17, 15) is 51.8 Å². The zero-order chi connectivity index (χ0) is 67.2. The van der Waals surface area contributed by atoms with E-state index in [2.05, 4.69) is 53.6 Å². The zero-order valence-corrected chi connectivity index (χ0v) is 52.4. The van der Waals surface area contributed by atoms with Crippen LogP contribution in [0.4, 0.5) is 37.5 Å². The van der Waals surface area contributed by atoms with Crippen LogP contribution in [0.2, 0.25) is 20.1 Å². The number of halogens is 6. The second-order valence-corrected chi connectivity index (χ2v) is 21.9. The number of amides is 8. The number of carbonyl (C=O) groups is 8. The molecule has 10 rings (SSSR count). The van der Waals surface area contributed by atoms with Gasteiger partial charge >= 0.3 is 187 Å². The number of nitrogens with two attached hydrogens (primary N) is 3. The summed E-state index contributed by atoms with van der Waals surface area (Å²) < 4.78 is 51.2. The maximum atomic E-state index is 14.2. The van der Waals surface area contributed by atoms with Gasteiger partial charge in [0.15, 0.2) is 17.3 Å². The largest absolute Gasteiger partial charge is 0.482 e. The van der Waals surface area contributed by atoms with Gasteiger partial charge in [-0.25, -0.2) is 4.39 Å². The summed E-state index contributed by atoms with van der Waals surface area (Å²) in [7, 11) is 0.384. The monoisotopic (exact) mass is 1360 g/mol. The minimum atomic E-state index is -1.35. The Kier molecular flexibility index (Phi) is 24.5. The minimum Gasteiger partial charge on any atom is -0.482 e. The van der Waals surface area contributed by atoms with E-state index in [0.717, 1.165) is 12.1 Å². The van der Waals surface area contributed by atoms with Gasteiger partial charge in [-0.1, -0.05) is 23.2 Å². The van der Waals surface area contributed by atoms with Crippen molar-refractivity contribution < 1.29 is 61.3 Å². The van der Waals surface area contributed by atoms with Gasteiger partial charge in [-0.05, 0) is 67.6 Å². The summed E-state index contributed by atoms with van der Waals surface area (Å²) in [4.78, 5) is 101. The van der Waals surface area contributed by atoms with Crippen LogP contribution in [0.5, 0.6) is 11.5 Å². The van der Waals surface area contributed by atoms with E-state index in [4.69, 9.17) is 73.1 Å². The average molecular weight is 1360 g/mol. The van der Waals surface area contributed by atoms with E-state index >= 15 is 0 Å². The van der Waals surface area contributed by atoms with E-state index in [1.165, 1.54) is 63.2 Å². The van der Waals surface area contributed by atoms with E-state index < -0.39 is 35.7 Å². The number of aromatic nitrogens is 4. The van der Waals surface area contributed by atoms with Crippen molar-refractivity contribution in [2.24, 2.45) is 0 Å². The molecule has 8 amide bonds. The van der Waals surface area contributed by atoms with E-state index in [-0.39, 0.29) is 135 Å². The van der Waals surface area contributed by atoms with Crippen LogP contribution < -0.4 is 53.3 Å². The van der Waals surface area contributed by atoms with Crippen molar-refractivity contribution in [2.75, 3.05) is 86.7 Å². The summed E-state index contributed by atoms with van der Waals surface area (Å²) in [5.41, 5.74) is 19.6. The minimum absolute atomic E-state index is 0. The molecule has 3 aliphatic rings. The number of nitrogens with zero attached hydrogens (tertiary/aromatic N) is 7. The summed E-state index contributed by atoms with van der Waals surface area (Å²) in [5.74, 6) is -4.55. The van der Waals surface area contributed by atoms with Crippen molar-refractivity contribution >= 4 is 138 Å². The Labute approximate surface area is 557 Å². The quantitative estimate of drug-likeness (QED) is 0.0334.